The number of hydrogen-bond acceptors (Lipinski definition) is 0. The van der Waals surface area contributed by atoms with Gasteiger partial charge in [-0.15, -0.1) is 0 Å². The lowest BCUT2D eigenvalue weighted by atomic mass is 9.92. The molecule has 2 atom stereocenters. The van der Waals surface area contributed by atoms with Crippen LogP contribution in [-0.4, -0.2) is 30.7 Å². The maximum atomic E-state index is 2.40. The topological polar surface area (TPSA) is 0 Å². The zero-order chi connectivity index (χ0) is 12.7. The van der Waals surface area contributed by atoms with E-state index in [9.17, 15) is 0 Å². The minimum Gasteiger partial charge on any atom is -0.323 e. The van der Waals surface area contributed by atoms with Crippen molar-refractivity contribution in [3.8, 4) is 0 Å². The molecule has 2 unspecified atom stereocenters. The summed E-state index contributed by atoms with van der Waals surface area (Å²) in [4.78, 5) is 0. The third-order valence-electron chi connectivity index (χ3n) is 4.93. The molecule has 1 heteroatoms. The van der Waals surface area contributed by atoms with Crippen LogP contribution in [0, 0.1) is 11.8 Å². The van der Waals surface area contributed by atoms with Gasteiger partial charge in [0, 0.05) is 11.8 Å². The molecule has 1 aliphatic heterocycles. The first kappa shape index (κ1) is 15.0. The first-order chi connectivity index (χ1) is 8.21. The third kappa shape index (κ3) is 3.98. The van der Waals surface area contributed by atoms with Crippen molar-refractivity contribution in [3.63, 3.8) is 0 Å². The molecular weight excluding hydrogens is 206 g/mol. The lowest BCUT2D eigenvalue weighted by Crippen LogP contribution is -2.47. The summed E-state index contributed by atoms with van der Waals surface area (Å²) in [5.41, 5.74) is 0. The van der Waals surface area contributed by atoms with Crippen LogP contribution in [0.25, 0.3) is 0 Å². The maximum absolute atomic E-state index is 2.40. The van der Waals surface area contributed by atoms with Crippen LogP contribution in [0.5, 0.6) is 0 Å². The fourth-order valence-electron chi connectivity index (χ4n) is 3.76. The van der Waals surface area contributed by atoms with Gasteiger partial charge in [-0.25, -0.2) is 0 Å². The lowest BCUT2D eigenvalue weighted by molar-refractivity contribution is -0.919. The van der Waals surface area contributed by atoms with Gasteiger partial charge in [-0.3, -0.25) is 0 Å². The van der Waals surface area contributed by atoms with Crippen LogP contribution in [0.1, 0.15) is 66.2 Å². The first-order valence-corrected chi connectivity index (χ1v) is 8.06. The highest BCUT2D eigenvalue weighted by atomic mass is 15.4. The monoisotopic (exact) mass is 240 g/mol. The van der Waals surface area contributed by atoms with E-state index in [4.69, 9.17) is 0 Å². The minimum absolute atomic E-state index is 1.01. The Morgan fingerprint density at radius 3 is 1.47 bits per heavy atom. The van der Waals surface area contributed by atoms with Crippen LogP contribution in [0.3, 0.4) is 0 Å². The van der Waals surface area contributed by atoms with Crippen LogP contribution in [0.15, 0.2) is 0 Å². The highest BCUT2D eigenvalue weighted by molar-refractivity contribution is 4.75. The van der Waals surface area contributed by atoms with Crippen molar-refractivity contribution in [2.75, 3.05) is 26.2 Å². The van der Waals surface area contributed by atoms with Crippen molar-refractivity contribution < 1.29 is 4.48 Å². The molecule has 1 heterocycles. The Morgan fingerprint density at radius 1 is 0.765 bits per heavy atom. The van der Waals surface area contributed by atoms with Gasteiger partial charge in [0.25, 0.3) is 0 Å². The molecule has 0 aromatic rings. The van der Waals surface area contributed by atoms with E-state index in [0.717, 1.165) is 11.8 Å². The van der Waals surface area contributed by atoms with E-state index in [2.05, 4.69) is 27.7 Å². The maximum Gasteiger partial charge on any atom is 0.0820 e. The van der Waals surface area contributed by atoms with Gasteiger partial charge in [-0.1, -0.05) is 40.5 Å². The summed E-state index contributed by atoms with van der Waals surface area (Å²) < 4.78 is 1.46. The second-order valence-electron chi connectivity index (χ2n) is 6.20. The van der Waals surface area contributed by atoms with Gasteiger partial charge in [0.1, 0.15) is 0 Å². The average molecular weight is 240 g/mol. The predicted molar refractivity (Wildman–Crippen MR) is 77.1 cm³/mol. The molecule has 0 saturated carbocycles. The van der Waals surface area contributed by atoms with Gasteiger partial charge in [0.05, 0.1) is 26.2 Å². The van der Waals surface area contributed by atoms with E-state index in [1.807, 2.05) is 0 Å². The molecule has 1 nitrogen and oxygen atoms in total. The summed E-state index contributed by atoms with van der Waals surface area (Å²) in [6, 6.07) is 0. The largest absolute Gasteiger partial charge is 0.323 e. The fourth-order valence-corrected chi connectivity index (χ4v) is 3.76. The van der Waals surface area contributed by atoms with Gasteiger partial charge in [0.15, 0.2) is 0 Å². The Labute approximate surface area is 109 Å². The van der Waals surface area contributed by atoms with Crippen molar-refractivity contribution in [2.24, 2.45) is 11.8 Å². The molecule has 0 bridgehead atoms. The van der Waals surface area contributed by atoms with Crippen molar-refractivity contribution in [3.05, 3.63) is 0 Å². The Hall–Kier alpha value is -0.0400. The highest BCUT2D eigenvalue weighted by Crippen LogP contribution is 2.34. The fraction of sp³-hybridized carbons (Fsp3) is 1.00. The molecule has 1 saturated heterocycles. The Morgan fingerprint density at radius 2 is 1.18 bits per heavy atom. The van der Waals surface area contributed by atoms with Crippen LogP contribution >= 0.6 is 0 Å². The number of hydrogen-bond donors (Lipinski definition) is 0. The van der Waals surface area contributed by atoms with Crippen LogP contribution in [0.2, 0.25) is 0 Å². The third-order valence-corrected chi connectivity index (χ3v) is 4.93. The number of quaternary nitrogens is 1. The van der Waals surface area contributed by atoms with Crippen LogP contribution in [-0.2, 0) is 0 Å². The number of nitrogens with zero attached hydrogens (tertiary/aromatic N) is 1. The molecule has 1 rings (SSSR count). The highest BCUT2D eigenvalue weighted by Gasteiger charge is 2.42. The molecule has 0 aromatic heterocycles. The van der Waals surface area contributed by atoms with Gasteiger partial charge in [-0.2, -0.15) is 0 Å². The predicted octanol–water partition coefficient (Wildman–Crippen LogP) is 4.47. The number of likely N-dealkylation sites (tertiary alicyclic amines) is 1. The van der Waals surface area contributed by atoms with E-state index in [1.165, 1.54) is 69.2 Å². The summed E-state index contributed by atoms with van der Waals surface area (Å²) in [5.74, 6) is 2.02. The summed E-state index contributed by atoms with van der Waals surface area (Å²) >= 11 is 0. The number of unbranched alkanes of at least 4 members (excludes halogenated alkanes) is 2. The van der Waals surface area contributed by atoms with Crippen molar-refractivity contribution in [2.45, 2.75) is 66.2 Å². The molecule has 0 N–H and O–H groups in total. The zero-order valence-corrected chi connectivity index (χ0v) is 12.7. The van der Waals surface area contributed by atoms with E-state index in [0.29, 0.717) is 0 Å². The van der Waals surface area contributed by atoms with Crippen molar-refractivity contribution >= 4 is 0 Å². The van der Waals surface area contributed by atoms with E-state index >= 15 is 0 Å². The van der Waals surface area contributed by atoms with E-state index in [-0.39, 0.29) is 0 Å². The van der Waals surface area contributed by atoms with Crippen molar-refractivity contribution in [1.82, 2.24) is 0 Å². The smallest absolute Gasteiger partial charge is 0.0820 e. The van der Waals surface area contributed by atoms with Crippen LogP contribution in [0.4, 0.5) is 0 Å². The van der Waals surface area contributed by atoms with Crippen molar-refractivity contribution in [1.29, 1.82) is 0 Å². The molecule has 0 aliphatic carbocycles. The summed E-state index contributed by atoms with van der Waals surface area (Å²) in [6.45, 7) is 15.3. The molecule has 0 amide bonds. The van der Waals surface area contributed by atoms with Gasteiger partial charge >= 0.3 is 0 Å². The minimum atomic E-state index is 1.01. The first-order valence-electron chi connectivity index (χ1n) is 8.06. The number of rotatable bonds is 8. The zero-order valence-electron chi connectivity index (χ0n) is 12.7. The average Bonchev–Trinajstić information content (AvgIpc) is 2.73. The molecule has 1 fully saturated rings. The van der Waals surface area contributed by atoms with E-state index < -0.39 is 0 Å². The molecule has 1 aliphatic rings. The molecule has 102 valence electrons. The Kier molecular flexibility index (Phi) is 6.54. The Balaban J connectivity index is 2.63. The van der Waals surface area contributed by atoms with Crippen LogP contribution < -0.4 is 0 Å². The normalized spacial score (nSPS) is 27.5. The lowest BCUT2D eigenvalue weighted by Gasteiger charge is -2.35. The van der Waals surface area contributed by atoms with Gasteiger partial charge in [-0.05, 0) is 25.7 Å². The summed E-state index contributed by atoms with van der Waals surface area (Å²) in [6.07, 6.45) is 8.38. The second-order valence-corrected chi connectivity index (χ2v) is 6.20. The molecule has 0 aromatic carbocycles. The molecular formula is C16H34N+. The SMILES string of the molecule is CCCC[N+]1(CCCC)CC(CC)C(CC)C1. The standard InChI is InChI=1S/C16H34N/c1-5-9-11-17(12-10-6-2)13-15(7-3)16(8-4)14-17/h15-16H,5-14H2,1-4H3/q+1. The molecule has 17 heavy (non-hydrogen) atoms. The summed E-state index contributed by atoms with van der Waals surface area (Å²) in [7, 11) is 0. The second kappa shape index (κ2) is 7.41. The summed E-state index contributed by atoms with van der Waals surface area (Å²) in [5, 5.41) is 0. The molecule has 0 radical (unpaired) electrons. The van der Waals surface area contributed by atoms with Gasteiger partial charge < -0.3 is 4.48 Å². The van der Waals surface area contributed by atoms with Gasteiger partial charge in [0.2, 0.25) is 0 Å². The quantitative estimate of drug-likeness (QED) is 0.549. The van der Waals surface area contributed by atoms with E-state index in [1.54, 1.807) is 0 Å². The molecule has 0 spiro atoms. The Bertz CT molecular complexity index is 178.